The average Bonchev–Trinajstić information content (AvgIpc) is 2.70. The third-order valence-corrected chi connectivity index (χ3v) is 5.61. The number of amides is 1. The molecule has 1 atom stereocenters. The van der Waals surface area contributed by atoms with E-state index < -0.39 is 26.9 Å². The number of hydrogen-bond acceptors (Lipinski definition) is 7. The van der Waals surface area contributed by atoms with Gasteiger partial charge in [0, 0.05) is 23.9 Å². The Morgan fingerprint density at radius 1 is 1.20 bits per heavy atom. The summed E-state index contributed by atoms with van der Waals surface area (Å²) in [6.07, 6.45) is 1.10. The Hall–Kier alpha value is -3.34. The first kappa shape index (κ1) is 21.4. The first-order valence-corrected chi connectivity index (χ1v) is 11.0. The fourth-order valence-corrected chi connectivity index (χ4v) is 4.35. The fraction of sp³-hybridized carbons (Fsp3) is 0.316. The van der Waals surface area contributed by atoms with Crippen molar-refractivity contribution in [3.05, 3.63) is 52.6 Å². The Kier molecular flexibility index (Phi) is 6.11. The van der Waals surface area contributed by atoms with E-state index in [2.05, 4.69) is 5.32 Å². The maximum Gasteiger partial charge on any atom is 0.271 e. The third-order valence-electron chi connectivity index (χ3n) is 4.43. The summed E-state index contributed by atoms with van der Waals surface area (Å²) in [4.78, 5) is 23.4. The van der Waals surface area contributed by atoms with Gasteiger partial charge in [-0.25, -0.2) is 8.42 Å². The summed E-state index contributed by atoms with van der Waals surface area (Å²) >= 11 is 0. The molecule has 1 aliphatic heterocycles. The zero-order valence-corrected chi connectivity index (χ0v) is 17.2. The van der Waals surface area contributed by atoms with Gasteiger partial charge in [-0.3, -0.25) is 19.2 Å². The maximum atomic E-state index is 13.0. The average molecular weight is 435 g/mol. The van der Waals surface area contributed by atoms with Gasteiger partial charge in [0.2, 0.25) is 15.9 Å². The summed E-state index contributed by atoms with van der Waals surface area (Å²) in [5, 5.41) is 13.8. The highest BCUT2D eigenvalue weighted by atomic mass is 32.2. The van der Waals surface area contributed by atoms with Crippen LogP contribution in [0.15, 0.2) is 42.5 Å². The Labute approximate surface area is 173 Å². The lowest BCUT2D eigenvalue weighted by Gasteiger charge is -2.30. The van der Waals surface area contributed by atoms with Crippen molar-refractivity contribution < 1.29 is 27.6 Å². The van der Waals surface area contributed by atoms with Crippen LogP contribution in [-0.4, -0.2) is 44.8 Å². The predicted molar refractivity (Wildman–Crippen MR) is 111 cm³/mol. The summed E-state index contributed by atoms with van der Waals surface area (Å²) in [5.74, 6) is 0.456. The van der Waals surface area contributed by atoms with Crippen LogP contribution in [0.4, 0.5) is 17.1 Å². The number of carbonyl (C=O) groups excluding carboxylic acids is 1. The molecule has 1 heterocycles. The van der Waals surface area contributed by atoms with Gasteiger partial charge in [-0.1, -0.05) is 13.0 Å². The summed E-state index contributed by atoms with van der Waals surface area (Å²) < 4.78 is 36.8. The lowest BCUT2D eigenvalue weighted by atomic mass is 10.1. The molecule has 2 aromatic rings. The predicted octanol–water partition coefficient (Wildman–Crippen LogP) is 2.55. The van der Waals surface area contributed by atoms with E-state index in [0.717, 1.165) is 16.6 Å². The highest BCUT2D eigenvalue weighted by molar-refractivity contribution is 7.92. The number of nitrogens with zero attached hydrogens (tertiary/aromatic N) is 2. The molecule has 0 aliphatic carbocycles. The van der Waals surface area contributed by atoms with E-state index in [9.17, 15) is 23.3 Å². The molecule has 0 aromatic heterocycles. The van der Waals surface area contributed by atoms with Crippen LogP contribution in [0.2, 0.25) is 0 Å². The molecule has 0 saturated heterocycles. The zero-order valence-electron chi connectivity index (χ0n) is 16.4. The molecule has 1 aliphatic rings. The van der Waals surface area contributed by atoms with Gasteiger partial charge in [-0.05, 0) is 24.6 Å². The number of benzene rings is 2. The smallest absolute Gasteiger partial charge is 0.271 e. The van der Waals surface area contributed by atoms with E-state index in [-0.39, 0.29) is 17.8 Å². The van der Waals surface area contributed by atoms with Crippen LogP contribution in [0.5, 0.6) is 11.5 Å². The monoisotopic (exact) mass is 435 g/mol. The molecule has 30 heavy (non-hydrogen) atoms. The topological polar surface area (TPSA) is 128 Å². The minimum atomic E-state index is -3.92. The number of ether oxygens (including phenoxy) is 2. The first-order chi connectivity index (χ1) is 14.2. The van der Waals surface area contributed by atoms with Crippen molar-refractivity contribution in [2.24, 2.45) is 0 Å². The highest BCUT2D eigenvalue weighted by Gasteiger charge is 2.32. The Bertz CT molecular complexity index is 1070. The maximum absolute atomic E-state index is 13.0. The van der Waals surface area contributed by atoms with Crippen molar-refractivity contribution in [1.29, 1.82) is 0 Å². The Morgan fingerprint density at radius 3 is 2.53 bits per heavy atom. The minimum absolute atomic E-state index is 0.0378. The van der Waals surface area contributed by atoms with E-state index in [1.807, 2.05) is 0 Å². The van der Waals surface area contributed by atoms with E-state index in [0.29, 0.717) is 30.4 Å². The fourth-order valence-electron chi connectivity index (χ4n) is 3.15. The summed E-state index contributed by atoms with van der Waals surface area (Å²) in [5.41, 5.74) is 0.175. The molecule has 1 amide bonds. The van der Waals surface area contributed by atoms with Crippen LogP contribution in [0.3, 0.4) is 0 Å². The van der Waals surface area contributed by atoms with Crippen molar-refractivity contribution in [3.63, 3.8) is 0 Å². The van der Waals surface area contributed by atoms with Gasteiger partial charge in [0.05, 0.1) is 16.9 Å². The Morgan fingerprint density at radius 2 is 1.90 bits per heavy atom. The molecule has 160 valence electrons. The number of rotatable bonds is 7. The summed E-state index contributed by atoms with van der Waals surface area (Å²) in [7, 11) is -3.92. The van der Waals surface area contributed by atoms with E-state index >= 15 is 0 Å². The molecule has 0 bridgehead atoms. The second kappa shape index (κ2) is 8.57. The number of anilines is 2. The normalized spacial score (nSPS) is 13.9. The number of hydrogen-bond donors (Lipinski definition) is 1. The number of carbonyl (C=O) groups is 1. The van der Waals surface area contributed by atoms with Gasteiger partial charge in [0.15, 0.2) is 11.5 Å². The number of nitro groups is 1. The number of fused-ring (bicyclic) bond motifs is 1. The van der Waals surface area contributed by atoms with E-state index in [4.69, 9.17) is 9.47 Å². The minimum Gasteiger partial charge on any atom is -0.486 e. The van der Waals surface area contributed by atoms with E-state index in [1.165, 1.54) is 18.2 Å². The van der Waals surface area contributed by atoms with Crippen molar-refractivity contribution in [2.45, 2.75) is 19.4 Å². The van der Waals surface area contributed by atoms with Crippen molar-refractivity contribution in [3.8, 4) is 11.5 Å². The Balaban J connectivity index is 1.91. The molecule has 1 unspecified atom stereocenters. The molecule has 0 spiro atoms. The lowest BCUT2D eigenvalue weighted by molar-refractivity contribution is -0.384. The van der Waals surface area contributed by atoms with Gasteiger partial charge in [-0.2, -0.15) is 0 Å². The van der Waals surface area contributed by atoms with E-state index in [1.54, 1.807) is 25.1 Å². The number of nitrogens with one attached hydrogen (secondary N) is 1. The van der Waals surface area contributed by atoms with Crippen LogP contribution in [0, 0.1) is 10.1 Å². The summed E-state index contributed by atoms with van der Waals surface area (Å²) in [6.45, 7) is 2.48. The van der Waals surface area contributed by atoms with Gasteiger partial charge in [0.25, 0.3) is 5.69 Å². The first-order valence-electron chi connectivity index (χ1n) is 9.15. The standard InChI is InChI=1S/C19H21N3O7S/c1-3-16(19(23)20-13-7-8-17-18(11-13)29-10-9-28-17)21(30(2,26)27)14-5-4-6-15(12-14)22(24)25/h4-8,11-12,16H,3,9-10H2,1-2H3,(H,20,23). The van der Waals surface area contributed by atoms with Crippen LogP contribution in [-0.2, 0) is 14.8 Å². The molecule has 2 aromatic carbocycles. The molecule has 0 radical (unpaired) electrons. The molecule has 1 N–H and O–H groups in total. The van der Waals surface area contributed by atoms with Crippen LogP contribution in [0.1, 0.15) is 13.3 Å². The van der Waals surface area contributed by atoms with Crippen molar-refractivity contribution in [2.75, 3.05) is 29.1 Å². The second-order valence-electron chi connectivity index (χ2n) is 6.61. The zero-order chi connectivity index (χ0) is 21.9. The molecule has 11 heteroatoms. The van der Waals surface area contributed by atoms with Gasteiger partial charge in [0.1, 0.15) is 19.3 Å². The molecular formula is C19H21N3O7S. The molecule has 10 nitrogen and oxygen atoms in total. The van der Waals surface area contributed by atoms with Gasteiger partial charge in [-0.15, -0.1) is 0 Å². The van der Waals surface area contributed by atoms with Crippen LogP contribution in [0.25, 0.3) is 0 Å². The number of non-ortho nitro benzene ring substituents is 1. The molecular weight excluding hydrogens is 414 g/mol. The van der Waals surface area contributed by atoms with Crippen molar-refractivity contribution in [1.82, 2.24) is 0 Å². The van der Waals surface area contributed by atoms with Gasteiger partial charge >= 0.3 is 0 Å². The molecule has 3 rings (SSSR count). The highest BCUT2D eigenvalue weighted by Crippen LogP contribution is 2.33. The van der Waals surface area contributed by atoms with Crippen LogP contribution >= 0.6 is 0 Å². The lowest BCUT2D eigenvalue weighted by Crippen LogP contribution is -2.47. The second-order valence-corrected chi connectivity index (χ2v) is 8.47. The van der Waals surface area contributed by atoms with Crippen molar-refractivity contribution >= 4 is 33.0 Å². The SMILES string of the molecule is CCC(C(=O)Nc1ccc2c(c1)OCCO2)N(c1cccc([N+](=O)[O-])c1)S(C)(=O)=O. The van der Waals surface area contributed by atoms with Crippen LogP contribution < -0.4 is 19.1 Å². The number of nitro benzene ring substituents is 1. The largest absolute Gasteiger partial charge is 0.486 e. The summed E-state index contributed by atoms with van der Waals surface area (Å²) in [6, 6.07) is 8.91. The van der Waals surface area contributed by atoms with Gasteiger partial charge < -0.3 is 14.8 Å². The number of sulfonamides is 1. The molecule has 0 fully saturated rings. The third kappa shape index (κ3) is 4.62. The molecule has 0 saturated carbocycles. The quantitative estimate of drug-likeness (QED) is 0.523.